The molecule has 1 aromatic carbocycles. The molecule has 2 heterocycles. The van der Waals surface area contributed by atoms with E-state index < -0.39 is 0 Å². The van der Waals surface area contributed by atoms with Gasteiger partial charge in [-0.1, -0.05) is 12.1 Å². The van der Waals surface area contributed by atoms with Crippen molar-refractivity contribution < 1.29 is 4.79 Å². The molecule has 0 atom stereocenters. The number of nitrogens with one attached hydrogen (secondary N) is 2. The van der Waals surface area contributed by atoms with E-state index in [2.05, 4.69) is 32.7 Å². The molecule has 4 bridgehead atoms. The smallest absolute Gasteiger partial charge is 0.230 e. The maximum absolute atomic E-state index is 12.9. The number of para-hydroxylation sites is 2. The van der Waals surface area contributed by atoms with Crippen molar-refractivity contribution in [2.45, 2.75) is 50.5 Å². The van der Waals surface area contributed by atoms with Gasteiger partial charge >= 0.3 is 0 Å². The highest BCUT2D eigenvalue weighted by molar-refractivity contribution is 7.13. The summed E-state index contributed by atoms with van der Waals surface area (Å²) < 4.78 is 0. The summed E-state index contributed by atoms with van der Waals surface area (Å²) in [6, 6.07) is 12.0. The minimum atomic E-state index is -0.0344. The van der Waals surface area contributed by atoms with Crippen molar-refractivity contribution >= 4 is 28.6 Å². The fourth-order valence-electron chi connectivity index (χ4n) is 6.62. The van der Waals surface area contributed by atoms with E-state index in [-0.39, 0.29) is 17.9 Å². The number of hydrogen-bond acceptors (Lipinski definition) is 5. The van der Waals surface area contributed by atoms with Crippen LogP contribution in [0.25, 0.3) is 10.6 Å². The van der Waals surface area contributed by atoms with Gasteiger partial charge in [0.15, 0.2) is 0 Å². The molecule has 2 N–H and O–H groups in total. The summed E-state index contributed by atoms with van der Waals surface area (Å²) >= 11 is 1.55. The SMILES string of the molecule is O=C(Cc1csc(-c2cccnc2)n1)Nc1ccccc1NC12CC3CC(CC(C3)C1)C2. The van der Waals surface area contributed by atoms with Gasteiger partial charge in [0.1, 0.15) is 5.01 Å². The van der Waals surface area contributed by atoms with Crippen molar-refractivity contribution in [3.63, 3.8) is 0 Å². The lowest BCUT2D eigenvalue weighted by Crippen LogP contribution is -2.54. The van der Waals surface area contributed by atoms with Crippen molar-refractivity contribution in [2.24, 2.45) is 17.8 Å². The van der Waals surface area contributed by atoms with Gasteiger partial charge < -0.3 is 10.6 Å². The molecule has 0 saturated heterocycles. The molecular formula is C26H28N4OS. The van der Waals surface area contributed by atoms with Gasteiger partial charge in [0.05, 0.1) is 23.5 Å². The molecule has 0 radical (unpaired) electrons. The Morgan fingerprint density at radius 1 is 1.00 bits per heavy atom. The lowest BCUT2D eigenvalue weighted by atomic mass is 9.53. The van der Waals surface area contributed by atoms with Crippen molar-refractivity contribution in [1.29, 1.82) is 0 Å². The van der Waals surface area contributed by atoms with E-state index in [1.807, 2.05) is 29.6 Å². The zero-order valence-electron chi connectivity index (χ0n) is 18.1. The number of pyridine rings is 1. The summed E-state index contributed by atoms with van der Waals surface area (Å²) in [7, 11) is 0. The van der Waals surface area contributed by atoms with E-state index in [0.717, 1.165) is 45.4 Å². The first-order chi connectivity index (χ1) is 15.6. The molecule has 32 heavy (non-hydrogen) atoms. The second-order valence-electron chi connectivity index (χ2n) is 9.98. The van der Waals surface area contributed by atoms with Gasteiger partial charge in [0.25, 0.3) is 0 Å². The molecule has 6 heteroatoms. The highest BCUT2D eigenvalue weighted by atomic mass is 32.1. The Hall–Kier alpha value is -2.73. The normalized spacial score (nSPS) is 27.9. The molecule has 0 spiro atoms. The second-order valence-corrected chi connectivity index (χ2v) is 10.8. The van der Waals surface area contributed by atoms with E-state index in [4.69, 9.17) is 0 Å². The highest BCUT2D eigenvalue weighted by Gasteiger charge is 2.51. The van der Waals surface area contributed by atoms with Crippen LogP contribution in [0.1, 0.15) is 44.2 Å². The van der Waals surface area contributed by atoms with E-state index in [1.165, 1.54) is 38.5 Å². The molecule has 0 unspecified atom stereocenters. The molecule has 7 rings (SSSR count). The average molecular weight is 445 g/mol. The van der Waals surface area contributed by atoms with Gasteiger partial charge in [-0.3, -0.25) is 9.78 Å². The van der Waals surface area contributed by atoms with Crippen molar-refractivity contribution in [3.05, 3.63) is 59.9 Å². The van der Waals surface area contributed by atoms with Gasteiger partial charge in [0.2, 0.25) is 5.91 Å². The molecule has 4 aliphatic carbocycles. The Morgan fingerprint density at radius 2 is 1.72 bits per heavy atom. The van der Waals surface area contributed by atoms with E-state index in [1.54, 1.807) is 23.7 Å². The number of anilines is 2. The molecule has 164 valence electrons. The van der Waals surface area contributed by atoms with Crippen LogP contribution in [0.4, 0.5) is 11.4 Å². The zero-order chi connectivity index (χ0) is 21.5. The van der Waals surface area contributed by atoms with Gasteiger partial charge in [-0.15, -0.1) is 11.3 Å². The first-order valence-electron chi connectivity index (χ1n) is 11.7. The third-order valence-corrected chi connectivity index (χ3v) is 8.38. The number of thiazole rings is 1. The van der Waals surface area contributed by atoms with Crippen LogP contribution in [0.15, 0.2) is 54.2 Å². The Morgan fingerprint density at radius 3 is 2.41 bits per heavy atom. The number of amides is 1. The van der Waals surface area contributed by atoms with Crippen LogP contribution >= 0.6 is 11.3 Å². The largest absolute Gasteiger partial charge is 0.378 e. The number of aromatic nitrogens is 2. The van der Waals surface area contributed by atoms with Crippen molar-refractivity contribution in [3.8, 4) is 10.6 Å². The lowest BCUT2D eigenvalue weighted by molar-refractivity contribution is -0.115. The average Bonchev–Trinajstić information content (AvgIpc) is 3.23. The van der Waals surface area contributed by atoms with Gasteiger partial charge in [-0.05, 0) is 80.5 Å². The van der Waals surface area contributed by atoms with Crippen molar-refractivity contribution in [2.75, 3.05) is 10.6 Å². The maximum atomic E-state index is 12.9. The number of hydrogen-bond donors (Lipinski definition) is 2. The fourth-order valence-corrected chi connectivity index (χ4v) is 7.43. The molecule has 4 aliphatic rings. The fraction of sp³-hybridized carbons (Fsp3) is 0.423. The lowest BCUT2D eigenvalue weighted by Gasteiger charge is -2.57. The van der Waals surface area contributed by atoms with Gasteiger partial charge in [-0.2, -0.15) is 0 Å². The van der Waals surface area contributed by atoms with Gasteiger partial charge in [0, 0.05) is 28.9 Å². The van der Waals surface area contributed by atoms with Crippen LogP contribution in [0.3, 0.4) is 0 Å². The minimum absolute atomic E-state index is 0.0344. The predicted octanol–water partition coefficient (Wildman–Crippen LogP) is 5.77. The third-order valence-electron chi connectivity index (χ3n) is 7.44. The number of carbonyl (C=O) groups is 1. The van der Waals surface area contributed by atoms with E-state index in [9.17, 15) is 4.79 Å². The standard InChI is InChI=1S/C26H28N4OS/c31-24(11-21-16-32-25(28-21)20-4-3-7-27-15-20)29-22-5-1-2-6-23(22)30-26-12-17-8-18(13-26)10-19(9-17)14-26/h1-7,15-19,30H,8-14H2,(H,29,31). The summed E-state index contributed by atoms with van der Waals surface area (Å²) in [5, 5.41) is 9.91. The molecule has 4 saturated carbocycles. The number of nitrogens with zero attached hydrogens (tertiary/aromatic N) is 2. The number of benzene rings is 1. The predicted molar refractivity (Wildman–Crippen MR) is 129 cm³/mol. The van der Waals surface area contributed by atoms with Gasteiger partial charge in [-0.25, -0.2) is 4.98 Å². The van der Waals surface area contributed by atoms with Crippen LogP contribution in [0.2, 0.25) is 0 Å². The van der Waals surface area contributed by atoms with E-state index >= 15 is 0 Å². The maximum Gasteiger partial charge on any atom is 0.230 e. The summed E-state index contributed by atoms with van der Waals surface area (Å²) in [6.07, 6.45) is 11.9. The summed E-state index contributed by atoms with van der Waals surface area (Å²) in [5.74, 6) is 2.62. The second kappa shape index (κ2) is 8.00. The quantitative estimate of drug-likeness (QED) is 0.507. The van der Waals surface area contributed by atoms with Crippen LogP contribution in [0.5, 0.6) is 0 Å². The number of carbonyl (C=O) groups excluding carboxylic acids is 1. The molecule has 2 aromatic heterocycles. The first-order valence-corrected chi connectivity index (χ1v) is 12.5. The number of rotatable bonds is 6. The van der Waals surface area contributed by atoms with Crippen LogP contribution < -0.4 is 10.6 Å². The van der Waals surface area contributed by atoms with E-state index in [0.29, 0.717) is 0 Å². The summed E-state index contributed by atoms with van der Waals surface area (Å²) in [5.41, 5.74) is 3.91. The topological polar surface area (TPSA) is 66.9 Å². The molecule has 5 nitrogen and oxygen atoms in total. The molecule has 4 fully saturated rings. The van der Waals surface area contributed by atoms with Crippen LogP contribution in [0, 0.1) is 17.8 Å². The minimum Gasteiger partial charge on any atom is -0.378 e. The summed E-state index contributed by atoms with van der Waals surface area (Å²) in [4.78, 5) is 21.6. The summed E-state index contributed by atoms with van der Waals surface area (Å²) in [6.45, 7) is 0. The molecular weight excluding hydrogens is 416 g/mol. The Labute approximate surface area is 192 Å². The van der Waals surface area contributed by atoms with Crippen LogP contribution in [-0.4, -0.2) is 21.4 Å². The molecule has 1 amide bonds. The molecule has 0 aliphatic heterocycles. The Kier molecular flexibility index (Phi) is 4.98. The third kappa shape index (κ3) is 3.92. The Balaban J connectivity index is 1.15. The highest BCUT2D eigenvalue weighted by Crippen LogP contribution is 2.56. The monoisotopic (exact) mass is 444 g/mol. The van der Waals surface area contributed by atoms with Crippen molar-refractivity contribution in [1.82, 2.24) is 9.97 Å². The van der Waals surface area contributed by atoms with Crippen LogP contribution in [-0.2, 0) is 11.2 Å². The zero-order valence-corrected chi connectivity index (χ0v) is 18.9. The molecule has 3 aromatic rings. The first kappa shape index (κ1) is 19.9. The Bertz CT molecular complexity index is 1090.